The van der Waals surface area contributed by atoms with E-state index in [2.05, 4.69) is 20.8 Å². The smallest absolute Gasteiger partial charge is 0.251 e. The number of amides is 1. The normalized spacial score (nSPS) is 10.9. The predicted octanol–water partition coefficient (Wildman–Crippen LogP) is 4.10. The summed E-state index contributed by atoms with van der Waals surface area (Å²) in [5.41, 5.74) is 4.62. The lowest BCUT2D eigenvalue weighted by Crippen LogP contribution is -2.30. The van der Waals surface area contributed by atoms with Crippen molar-refractivity contribution >= 4 is 11.6 Å². The second-order valence-electron chi connectivity index (χ2n) is 6.89. The van der Waals surface area contributed by atoms with Crippen molar-refractivity contribution in [1.29, 1.82) is 0 Å². The third-order valence-corrected chi connectivity index (χ3v) is 4.08. The van der Waals surface area contributed by atoms with Crippen LogP contribution < -0.4 is 10.6 Å². The van der Waals surface area contributed by atoms with Crippen LogP contribution in [0.3, 0.4) is 0 Å². The Morgan fingerprint density at radius 1 is 1.15 bits per heavy atom. The molecule has 3 rings (SSSR count). The molecule has 1 aromatic heterocycles. The molecular weight excluding hydrogens is 340 g/mol. The van der Waals surface area contributed by atoms with Crippen molar-refractivity contribution < 1.29 is 9.32 Å². The lowest BCUT2D eigenvalue weighted by Gasteiger charge is -2.11. The van der Waals surface area contributed by atoms with Crippen LogP contribution in [0.15, 0.2) is 47.0 Å². The van der Waals surface area contributed by atoms with Crippen molar-refractivity contribution in [3.05, 3.63) is 65.0 Å². The first-order chi connectivity index (χ1) is 12.9. The molecule has 0 aliphatic rings. The Bertz CT molecular complexity index is 947. The second kappa shape index (κ2) is 8.03. The van der Waals surface area contributed by atoms with Crippen molar-refractivity contribution in [2.45, 2.75) is 40.3 Å². The van der Waals surface area contributed by atoms with E-state index in [1.165, 1.54) is 0 Å². The SMILES string of the molecule is Cc1cccc(-c2noc(CNc3ccc(C(=O)NC(C)C)cc3C)n2)c1. The van der Waals surface area contributed by atoms with Gasteiger partial charge in [-0.05, 0) is 57.5 Å². The zero-order chi connectivity index (χ0) is 19.4. The molecule has 2 aromatic carbocycles. The van der Waals surface area contributed by atoms with Gasteiger partial charge in [-0.2, -0.15) is 4.98 Å². The lowest BCUT2D eigenvalue weighted by atomic mass is 10.1. The number of carbonyl (C=O) groups excluding carboxylic acids is 1. The fraction of sp³-hybridized carbons (Fsp3) is 0.286. The molecule has 6 heteroatoms. The minimum Gasteiger partial charge on any atom is -0.376 e. The van der Waals surface area contributed by atoms with E-state index in [1.807, 2.05) is 64.1 Å². The Balaban J connectivity index is 1.66. The molecule has 0 atom stereocenters. The van der Waals surface area contributed by atoms with E-state index in [0.717, 1.165) is 22.4 Å². The van der Waals surface area contributed by atoms with Gasteiger partial charge in [-0.25, -0.2) is 0 Å². The Labute approximate surface area is 159 Å². The molecule has 1 heterocycles. The van der Waals surface area contributed by atoms with Gasteiger partial charge in [0, 0.05) is 22.9 Å². The summed E-state index contributed by atoms with van der Waals surface area (Å²) in [4.78, 5) is 16.5. The zero-order valence-corrected chi connectivity index (χ0v) is 16.0. The van der Waals surface area contributed by atoms with E-state index in [0.29, 0.717) is 23.8 Å². The number of anilines is 1. The zero-order valence-electron chi connectivity index (χ0n) is 16.0. The molecule has 0 bridgehead atoms. The molecule has 140 valence electrons. The van der Waals surface area contributed by atoms with Crippen molar-refractivity contribution in [3.8, 4) is 11.4 Å². The number of nitrogens with zero attached hydrogens (tertiary/aromatic N) is 2. The van der Waals surface area contributed by atoms with E-state index >= 15 is 0 Å². The van der Waals surface area contributed by atoms with Gasteiger partial charge >= 0.3 is 0 Å². The Morgan fingerprint density at radius 2 is 1.96 bits per heavy atom. The molecule has 0 aliphatic carbocycles. The highest BCUT2D eigenvalue weighted by atomic mass is 16.5. The van der Waals surface area contributed by atoms with Gasteiger partial charge in [0.2, 0.25) is 11.7 Å². The van der Waals surface area contributed by atoms with Crippen LogP contribution in [0.2, 0.25) is 0 Å². The molecule has 0 saturated carbocycles. The van der Waals surface area contributed by atoms with Crippen LogP contribution in [0.5, 0.6) is 0 Å². The molecule has 6 nitrogen and oxygen atoms in total. The lowest BCUT2D eigenvalue weighted by molar-refractivity contribution is 0.0943. The number of nitrogens with one attached hydrogen (secondary N) is 2. The quantitative estimate of drug-likeness (QED) is 0.688. The Morgan fingerprint density at radius 3 is 2.67 bits per heavy atom. The second-order valence-corrected chi connectivity index (χ2v) is 6.89. The number of aromatic nitrogens is 2. The maximum atomic E-state index is 12.1. The summed E-state index contributed by atoms with van der Waals surface area (Å²) in [6.45, 7) is 8.28. The number of benzene rings is 2. The van der Waals surface area contributed by atoms with Gasteiger partial charge in [0.1, 0.15) is 0 Å². The maximum absolute atomic E-state index is 12.1. The number of aryl methyl sites for hydroxylation is 2. The van der Waals surface area contributed by atoms with Gasteiger partial charge in [-0.15, -0.1) is 0 Å². The summed E-state index contributed by atoms with van der Waals surface area (Å²) in [7, 11) is 0. The summed E-state index contributed by atoms with van der Waals surface area (Å²) >= 11 is 0. The third kappa shape index (κ3) is 4.73. The Hall–Kier alpha value is -3.15. The standard InChI is InChI=1S/C21H24N4O2/c1-13(2)23-21(26)17-8-9-18(15(4)11-17)22-12-19-24-20(25-27-19)16-7-5-6-14(3)10-16/h5-11,13,22H,12H2,1-4H3,(H,23,26). The predicted molar refractivity (Wildman–Crippen MR) is 106 cm³/mol. The van der Waals surface area contributed by atoms with Crippen LogP contribution in [0.25, 0.3) is 11.4 Å². The summed E-state index contributed by atoms with van der Waals surface area (Å²) < 4.78 is 5.34. The molecule has 3 aromatic rings. The molecular formula is C21H24N4O2. The molecule has 27 heavy (non-hydrogen) atoms. The molecule has 0 radical (unpaired) electrons. The highest BCUT2D eigenvalue weighted by molar-refractivity contribution is 5.95. The largest absolute Gasteiger partial charge is 0.376 e. The van der Waals surface area contributed by atoms with E-state index in [4.69, 9.17) is 4.52 Å². The highest BCUT2D eigenvalue weighted by Crippen LogP contribution is 2.20. The van der Waals surface area contributed by atoms with Crippen molar-refractivity contribution in [2.24, 2.45) is 0 Å². The molecule has 0 spiro atoms. The molecule has 0 fully saturated rings. The number of carbonyl (C=O) groups is 1. The minimum absolute atomic E-state index is 0.0700. The van der Waals surface area contributed by atoms with Crippen LogP contribution in [0, 0.1) is 13.8 Å². The minimum atomic E-state index is -0.0700. The van der Waals surface area contributed by atoms with Crippen molar-refractivity contribution in [3.63, 3.8) is 0 Å². The fourth-order valence-corrected chi connectivity index (χ4v) is 2.75. The average Bonchev–Trinajstić information content (AvgIpc) is 3.09. The van der Waals surface area contributed by atoms with Crippen LogP contribution in [0.4, 0.5) is 5.69 Å². The summed E-state index contributed by atoms with van der Waals surface area (Å²) in [5, 5.41) is 10.2. The topological polar surface area (TPSA) is 80.0 Å². The molecule has 1 amide bonds. The highest BCUT2D eigenvalue weighted by Gasteiger charge is 2.11. The van der Waals surface area contributed by atoms with Gasteiger partial charge in [0.25, 0.3) is 5.91 Å². The summed E-state index contributed by atoms with van der Waals surface area (Å²) in [5.74, 6) is 1.01. The van der Waals surface area contributed by atoms with Gasteiger partial charge in [0.15, 0.2) is 0 Å². The van der Waals surface area contributed by atoms with Crippen molar-refractivity contribution in [1.82, 2.24) is 15.5 Å². The fourth-order valence-electron chi connectivity index (χ4n) is 2.75. The molecule has 0 saturated heterocycles. The summed E-state index contributed by atoms with van der Waals surface area (Å²) in [6.07, 6.45) is 0. The van der Waals surface area contributed by atoms with E-state index in [-0.39, 0.29) is 11.9 Å². The first kappa shape index (κ1) is 18.6. The first-order valence-corrected chi connectivity index (χ1v) is 8.97. The maximum Gasteiger partial charge on any atom is 0.251 e. The van der Waals surface area contributed by atoms with Gasteiger partial charge in [0.05, 0.1) is 6.54 Å². The van der Waals surface area contributed by atoms with Gasteiger partial charge < -0.3 is 15.2 Å². The van der Waals surface area contributed by atoms with E-state index in [9.17, 15) is 4.79 Å². The van der Waals surface area contributed by atoms with E-state index < -0.39 is 0 Å². The molecule has 2 N–H and O–H groups in total. The average molecular weight is 364 g/mol. The first-order valence-electron chi connectivity index (χ1n) is 8.97. The Kier molecular flexibility index (Phi) is 5.54. The molecule has 0 aliphatic heterocycles. The third-order valence-electron chi connectivity index (χ3n) is 4.08. The monoisotopic (exact) mass is 364 g/mol. The summed E-state index contributed by atoms with van der Waals surface area (Å²) in [6, 6.07) is 13.6. The van der Waals surface area contributed by atoms with Crippen LogP contribution in [-0.2, 0) is 6.54 Å². The van der Waals surface area contributed by atoms with Gasteiger partial charge in [-0.1, -0.05) is 28.9 Å². The number of rotatable bonds is 6. The number of hydrogen-bond donors (Lipinski definition) is 2. The van der Waals surface area contributed by atoms with Crippen LogP contribution >= 0.6 is 0 Å². The molecule has 0 unspecified atom stereocenters. The van der Waals surface area contributed by atoms with E-state index in [1.54, 1.807) is 6.07 Å². The number of hydrogen-bond acceptors (Lipinski definition) is 5. The van der Waals surface area contributed by atoms with Gasteiger partial charge in [-0.3, -0.25) is 4.79 Å². The van der Waals surface area contributed by atoms with Crippen LogP contribution in [0.1, 0.15) is 41.2 Å². The van der Waals surface area contributed by atoms with Crippen LogP contribution in [-0.4, -0.2) is 22.1 Å². The van der Waals surface area contributed by atoms with Crippen molar-refractivity contribution in [2.75, 3.05) is 5.32 Å².